The van der Waals surface area contributed by atoms with Crippen molar-refractivity contribution in [2.24, 2.45) is 5.84 Å². The maximum absolute atomic E-state index is 11.3. The van der Waals surface area contributed by atoms with E-state index in [1.165, 1.54) is 0 Å². The molecule has 0 bridgehead atoms. The predicted octanol–water partition coefficient (Wildman–Crippen LogP) is 0.400. The molecular weight excluding hydrogens is 121 g/mol. The van der Waals surface area contributed by atoms with E-state index in [1.807, 2.05) is 0 Å². The van der Waals surface area contributed by atoms with E-state index in [0.29, 0.717) is 0 Å². The molecule has 0 aromatic heterocycles. The third-order valence-corrected chi connectivity index (χ3v) is 0.741. The molecule has 0 aromatic carbocycles. The van der Waals surface area contributed by atoms with Gasteiger partial charge >= 0.3 is 6.18 Å². The first-order valence-electron chi connectivity index (χ1n) is 2.01. The third kappa shape index (κ3) is 2.13. The summed E-state index contributed by atoms with van der Waals surface area (Å²) < 4.78 is 33.9. The molecule has 0 aromatic rings. The predicted molar refractivity (Wildman–Crippen MR) is 22.8 cm³/mol. The lowest BCUT2D eigenvalue weighted by Crippen LogP contribution is -2.43. The van der Waals surface area contributed by atoms with Gasteiger partial charge in [0, 0.05) is 0 Å². The van der Waals surface area contributed by atoms with Gasteiger partial charge in [-0.15, -0.1) is 0 Å². The number of hydrogen-bond donors (Lipinski definition) is 2. The second-order valence-corrected chi connectivity index (χ2v) is 1.43. The Labute approximate surface area is 44.8 Å². The molecule has 1 atom stereocenters. The van der Waals surface area contributed by atoms with Crippen LogP contribution in [0.1, 0.15) is 6.92 Å². The monoisotopic (exact) mass is 128 g/mol. The van der Waals surface area contributed by atoms with Gasteiger partial charge in [-0.2, -0.15) is 13.2 Å². The molecule has 2 nitrogen and oxygen atoms in total. The van der Waals surface area contributed by atoms with Gasteiger partial charge < -0.3 is 0 Å². The molecule has 0 saturated carbocycles. The van der Waals surface area contributed by atoms with Gasteiger partial charge in [0.2, 0.25) is 0 Å². The lowest BCUT2D eigenvalue weighted by Gasteiger charge is -2.12. The quantitative estimate of drug-likeness (QED) is 0.396. The van der Waals surface area contributed by atoms with Gasteiger partial charge in [-0.3, -0.25) is 5.84 Å². The summed E-state index contributed by atoms with van der Waals surface area (Å²) in [5.74, 6) is 4.49. The Morgan fingerprint density at radius 2 is 1.88 bits per heavy atom. The van der Waals surface area contributed by atoms with Crippen molar-refractivity contribution in [1.82, 2.24) is 5.43 Å². The first-order chi connectivity index (χ1) is 3.48. The molecule has 0 saturated heterocycles. The van der Waals surface area contributed by atoms with Crippen LogP contribution in [0.25, 0.3) is 0 Å². The topological polar surface area (TPSA) is 38.0 Å². The molecule has 5 heteroatoms. The fourth-order valence-electron chi connectivity index (χ4n) is 0.0945. The van der Waals surface area contributed by atoms with Crippen LogP contribution in [0.5, 0.6) is 0 Å². The molecule has 0 spiro atoms. The molecular formula is C3H7F3N2. The minimum Gasteiger partial charge on any atom is -0.271 e. The largest absolute Gasteiger partial charge is 0.404 e. The minimum atomic E-state index is -4.23. The van der Waals surface area contributed by atoms with Crippen molar-refractivity contribution in [2.75, 3.05) is 0 Å². The van der Waals surface area contributed by atoms with E-state index in [0.717, 1.165) is 6.92 Å². The van der Waals surface area contributed by atoms with E-state index in [1.54, 1.807) is 5.43 Å². The first-order valence-corrected chi connectivity index (χ1v) is 2.01. The Morgan fingerprint density at radius 1 is 1.50 bits per heavy atom. The lowest BCUT2D eigenvalue weighted by molar-refractivity contribution is -0.151. The van der Waals surface area contributed by atoms with Crippen molar-refractivity contribution in [2.45, 2.75) is 19.1 Å². The van der Waals surface area contributed by atoms with E-state index in [2.05, 4.69) is 5.84 Å². The molecule has 0 amide bonds. The average Bonchev–Trinajstić information content (AvgIpc) is 1.62. The van der Waals surface area contributed by atoms with Crippen LogP contribution in [-0.4, -0.2) is 12.2 Å². The fraction of sp³-hybridized carbons (Fsp3) is 1.00. The van der Waals surface area contributed by atoms with E-state index in [-0.39, 0.29) is 0 Å². The third-order valence-electron chi connectivity index (χ3n) is 0.741. The molecule has 0 aliphatic heterocycles. The molecule has 0 rings (SSSR count). The zero-order chi connectivity index (χ0) is 6.78. The van der Waals surface area contributed by atoms with Crippen LogP contribution >= 0.6 is 0 Å². The second-order valence-electron chi connectivity index (χ2n) is 1.43. The van der Waals surface area contributed by atoms with Crippen LogP contribution in [0.15, 0.2) is 0 Å². The minimum absolute atomic E-state index is 0.944. The van der Waals surface area contributed by atoms with Crippen molar-refractivity contribution in [3.05, 3.63) is 0 Å². The maximum Gasteiger partial charge on any atom is 0.404 e. The van der Waals surface area contributed by atoms with Crippen molar-refractivity contribution in [1.29, 1.82) is 0 Å². The zero-order valence-electron chi connectivity index (χ0n) is 4.29. The summed E-state index contributed by atoms with van der Waals surface area (Å²) in [6.45, 7) is 0.944. The van der Waals surface area contributed by atoms with E-state index in [4.69, 9.17) is 0 Å². The van der Waals surface area contributed by atoms with Gasteiger partial charge in [-0.05, 0) is 6.92 Å². The molecule has 8 heavy (non-hydrogen) atoms. The number of alkyl halides is 3. The van der Waals surface area contributed by atoms with Gasteiger partial charge in [0.1, 0.15) is 6.04 Å². The molecule has 0 aliphatic carbocycles. The molecule has 0 unspecified atom stereocenters. The number of halogens is 3. The molecule has 50 valence electrons. The van der Waals surface area contributed by atoms with Crippen LogP contribution < -0.4 is 11.3 Å². The summed E-state index contributed by atoms with van der Waals surface area (Å²) in [5.41, 5.74) is 1.58. The van der Waals surface area contributed by atoms with Crippen LogP contribution in [0.4, 0.5) is 13.2 Å². The SMILES string of the molecule is C[C@H](NN)C(F)(F)F. The Hall–Kier alpha value is -0.290. The van der Waals surface area contributed by atoms with E-state index in [9.17, 15) is 13.2 Å². The highest BCUT2D eigenvalue weighted by atomic mass is 19.4. The summed E-state index contributed by atoms with van der Waals surface area (Å²) in [6.07, 6.45) is -4.23. The Morgan fingerprint density at radius 3 is 1.88 bits per heavy atom. The summed E-state index contributed by atoms with van der Waals surface area (Å²) in [4.78, 5) is 0. The normalized spacial score (nSPS) is 16.1. The molecule has 0 aliphatic rings. The fourth-order valence-corrected chi connectivity index (χ4v) is 0.0945. The van der Waals surface area contributed by atoms with Gasteiger partial charge in [-0.1, -0.05) is 0 Å². The number of nitrogens with two attached hydrogens (primary N) is 1. The average molecular weight is 128 g/mol. The van der Waals surface area contributed by atoms with Gasteiger partial charge in [0.15, 0.2) is 0 Å². The second kappa shape index (κ2) is 2.32. The number of hydrazine groups is 1. The zero-order valence-corrected chi connectivity index (χ0v) is 4.29. The summed E-state index contributed by atoms with van der Waals surface area (Å²) in [7, 11) is 0. The van der Waals surface area contributed by atoms with Crippen molar-refractivity contribution < 1.29 is 13.2 Å². The lowest BCUT2D eigenvalue weighted by atomic mass is 10.4. The number of hydrogen-bond acceptors (Lipinski definition) is 2. The maximum atomic E-state index is 11.3. The van der Waals surface area contributed by atoms with Gasteiger partial charge in [0.05, 0.1) is 0 Å². The van der Waals surface area contributed by atoms with Crippen molar-refractivity contribution >= 4 is 0 Å². The smallest absolute Gasteiger partial charge is 0.271 e. The van der Waals surface area contributed by atoms with Crippen molar-refractivity contribution in [3.8, 4) is 0 Å². The standard InChI is InChI=1S/C3H7F3N2/c1-2(8-7)3(4,5)6/h2,8H,7H2,1H3/t2-/m0/s1. The van der Waals surface area contributed by atoms with E-state index < -0.39 is 12.2 Å². The van der Waals surface area contributed by atoms with Gasteiger partial charge in [-0.25, -0.2) is 5.43 Å². The van der Waals surface area contributed by atoms with Crippen LogP contribution in [0.3, 0.4) is 0 Å². The Balaban J connectivity index is 3.62. The van der Waals surface area contributed by atoms with Crippen LogP contribution in [0, 0.1) is 0 Å². The van der Waals surface area contributed by atoms with Crippen LogP contribution in [-0.2, 0) is 0 Å². The highest BCUT2D eigenvalue weighted by Gasteiger charge is 2.34. The summed E-state index contributed by atoms with van der Waals surface area (Å²) >= 11 is 0. The molecule has 3 N–H and O–H groups in total. The molecule has 0 fully saturated rings. The summed E-state index contributed by atoms with van der Waals surface area (Å²) in [6, 6.07) is -1.62. The van der Waals surface area contributed by atoms with Gasteiger partial charge in [0.25, 0.3) is 0 Å². The number of rotatable bonds is 1. The highest BCUT2D eigenvalue weighted by Crippen LogP contribution is 2.18. The molecule has 0 heterocycles. The van der Waals surface area contributed by atoms with Crippen molar-refractivity contribution in [3.63, 3.8) is 0 Å². The molecule has 0 radical (unpaired) electrons. The highest BCUT2D eigenvalue weighted by molar-refractivity contribution is 4.64. The van der Waals surface area contributed by atoms with Crippen LogP contribution in [0.2, 0.25) is 0 Å². The Bertz CT molecular complexity index is 69.4. The van der Waals surface area contributed by atoms with E-state index >= 15 is 0 Å². The Kier molecular flexibility index (Phi) is 2.24. The number of nitrogens with one attached hydrogen (secondary N) is 1. The first kappa shape index (κ1) is 7.71. The summed E-state index contributed by atoms with van der Waals surface area (Å²) in [5, 5.41) is 0.